The van der Waals surface area contributed by atoms with Crippen LogP contribution in [0, 0.1) is 0 Å². The van der Waals surface area contributed by atoms with Crippen LogP contribution in [0.3, 0.4) is 0 Å². The van der Waals surface area contributed by atoms with E-state index in [2.05, 4.69) is 9.97 Å². The molecule has 2 rings (SSSR count). The number of benzene rings is 1. The quantitative estimate of drug-likeness (QED) is 0.703. The van der Waals surface area contributed by atoms with Crippen LogP contribution < -0.4 is 5.73 Å². The third kappa shape index (κ3) is 1.07. The van der Waals surface area contributed by atoms with E-state index in [-0.39, 0.29) is 0 Å². The Morgan fingerprint density at radius 1 is 1.50 bits per heavy atom. The van der Waals surface area contributed by atoms with E-state index in [1.165, 1.54) is 0 Å². The summed E-state index contributed by atoms with van der Waals surface area (Å²) in [4.78, 5) is 7.05. The van der Waals surface area contributed by atoms with Gasteiger partial charge in [0.25, 0.3) is 0 Å². The number of nitrogens with one attached hydrogen (secondary N) is 1. The summed E-state index contributed by atoms with van der Waals surface area (Å²) in [5.41, 5.74) is 8.23. The van der Waals surface area contributed by atoms with Gasteiger partial charge in [0.2, 0.25) is 0 Å². The molecule has 0 fully saturated rings. The van der Waals surface area contributed by atoms with Crippen molar-refractivity contribution in [2.75, 3.05) is 0 Å². The predicted octanol–water partition coefficient (Wildman–Crippen LogP) is 1.67. The zero-order valence-electron chi connectivity index (χ0n) is 6.34. The minimum atomic E-state index is 0.495. The summed E-state index contributed by atoms with van der Waals surface area (Å²) in [5, 5.41) is 0.647. The molecule has 3 N–H and O–H groups in total. The minimum absolute atomic E-state index is 0.495. The first-order chi connectivity index (χ1) is 5.81. The molecule has 0 saturated carbocycles. The van der Waals surface area contributed by atoms with Gasteiger partial charge < -0.3 is 10.7 Å². The van der Waals surface area contributed by atoms with Crippen LogP contribution in [0.5, 0.6) is 0 Å². The lowest BCUT2D eigenvalue weighted by Crippen LogP contribution is -1.95. The Morgan fingerprint density at radius 2 is 2.33 bits per heavy atom. The van der Waals surface area contributed by atoms with Gasteiger partial charge >= 0.3 is 0 Å². The Kier molecular flexibility index (Phi) is 1.75. The smallest absolute Gasteiger partial charge is 0.107 e. The fourth-order valence-electron chi connectivity index (χ4n) is 1.18. The van der Waals surface area contributed by atoms with E-state index in [0.29, 0.717) is 11.6 Å². The number of H-pyrrole nitrogens is 1. The molecular weight excluding hydrogens is 174 g/mol. The van der Waals surface area contributed by atoms with Crippen molar-refractivity contribution in [2.45, 2.75) is 6.54 Å². The fourth-order valence-corrected chi connectivity index (χ4v) is 1.47. The summed E-state index contributed by atoms with van der Waals surface area (Å²) >= 11 is 5.94. The third-order valence-electron chi connectivity index (χ3n) is 1.77. The van der Waals surface area contributed by atoms with Crippen LogP contribution in [-0.4, -0.2) is 9.97 Å². The average molecular weight is 182 g/mol. The number of aromatic nitrogens is 2. The van der Waals surface area contributed by atoms with Crippen LogP contribution in [0.25, 0.3) is 11.0 Å². The van der Waals surface area contributed by atoms with Gasteiger partial charge in [0.15, 0.2) is 0 Å². The maximum absolute atomic E-state index is 5.94. The molecule has 0 amide bonds. The number of aromatic amines is 1. The molecule has 1 aromatic carbocycles. The second kappa shape index (κ2) is 2.77. The van der Waals surface area contributed by atoms with E-state index in [9.17, 15) is 0 Å². The summed E-state index contributed by atoms with van der Waals surface area (Å²) < 4.78 is 0. The van der Waals surface area contributed by atoms with E-state index in [4.69, 9.17) is 17.3 Å². The van der Waals surface area contributed by atoms with Crippen molar-refractivity contribution in [3.8, 4) is 0 Å². The maximum atomic E-state index is 5.94. The molecule has 1 aromatic heterocycles. The van der Waals surface area contributed by atoms with Crippen molar-refractivity contribution >= 4 is 22.6 Å². The van der Waals surface area contributed by atoms with E-state index in [0.717, 1.165) is 16.6 Å². The van der Waals surface area contributed by atoms with Crippen LogP contribution in [-0.2, 0) is 6.54 Å². The number of nitrogens with two attached hydrogens (primary N) is 1. The molecule has 4 heteroatoms. The third-order valence-corrected chi connectivity index (χ3v) is 2.06. The normalized spacial score (nSPS) is 10.8. The van der Waals surface area contributed by atoms with E-state index in [1.54, 1.807) is 6.33 Å². The Hall–Kier alpha value is -1.06. The highest BCUT2D eigenvalue weighted by Gasteiger charge is 2.02. The maximum Gasteiger partial charge on any atom is 0.107 e. The largest absolute Gasteiger partial charge is 0.345 e. The van der Waals surface area contributed by atoms with Gasteiger partial charge in [0.1, 0.15) is 5.52 Å². The highest BCUT2D eigenvalue weighted by Crippen LogP contribution is 2.21. The van der Waals surface area contributed by atoms with Gasteiger partial charge in [0, 0.05) is 6.54 Å². The second-order valence-electron chi connectivity index (χ2n) is 2.58. The average Bonchev–Trinajstić information content (AvgIpc) is 2.52. The van der Waals surface area contributed by atoms with Crippen molar-refractivity contribution in [1.82, 2.24) is 9.97 Å². The number of hydrogen-bond donors (Lipinski definition) is 2. The molecular formula is C8H8ClN3. The molecule has 0 bridgehead atoms. The van der Waals surface area contributed by atoms with Gasteiger partial charge in [-0.25, -0.2) is 4.98 Å². The summed E-state index contributed by atoms with van der Waals surface area (Å²) in [6.45, 7) is 0.495. The fraction of sp³-hybridized carbons (Fsp3) is 0.125. The molecule has 12 heavy (non-hydrogen) atoms. The highest BCUT2D eigenvalue weighted by atomic mass is 35.5. The molecule has 0 aliphatic heterocycles. The number of fused-ring (bicyclic) bond motifs is 1. The molecule has 2 aromatic rings. The number of nitrogens with zero attached hydrogens (tertiary/aromatic N) is 1. The topological polar surface area (TPSA) is 54.7 Å². The van der Waals surface area contributed by atoms with Gasteiger partial charge in [0.05, 0.1) is 16.9 Å². The predicted molar refractivity (Wildman–Crippen MR) is 49.0 cm³/mol. The first-order valence-corrected chi connectivity index (χ1v) is 4.00. The molecule has 0 aliphatic rings. The Bertz CT molecular complexity index is 408. The summed E-state index contributed by atoms with van der Waals surface area (Å²) in [7, 11) is 0. The second-order valence-corrected chi connectivity index (χ2v) is 2.99. The number of halogens is 1. The first kappa shape index (κ1) is 7.58. The van der Waals surface area contributed by atoms with E-state index in [1.807, 2.05) is 12.1 Å². The van der Waals surface area contributed by atoms with Crippen LogP contribution in [0.2, 0.25) is 5.02 Å². The molecule has 0 saturated heterocycles. The molecule has 0 unspecified atom stereocenters. The molecule has 3 nitrogen and oxygen atoms in total. The molecule has 62 valence electrons. The summed E-state index contributed by atoms with van der Waals surface area (Å²) in [5.74, 6) is 0. The lowest BCUT2D eigenvalue weighted by atomic mass is 10.2. The molecule has 0 atom stereocenters. The van der Waals surface area contributed by atoms with Crippen LogP contribution in [0.4, 0.5) is 0 Å². The molecule has 0 aliphatic carbocycles. The SMILES string of the molecule is NCc1cc(Cl)c2nc[nH]c2c1. The Labute approximate surface area is 74.5 Å². The minimum Gasteiger partial charge on any atom is -0.345 e. The van der Waals surface area contributed by atoms with Crippen molar-refractivity contribution in [3.63, 3.8) is 0 Å². The van der Waals surface area contributed by atoms with Crippen molar-refractivity contribution in [3.05, 3.63) is 29.0 Å². The molecule has 0 radical (unpaired) electrons. The van der Waals surface area contributed by atoms with Crippen LogP contribution >= 0.6 is 11.6 Å². The molecule has 1 heterocycles. The lowest BCUT2D eigenvalue weighted by molar-refractivity contribution is 1.07. The Balaban J connectivity index is 2.75. The highest BCUT2D eigenvalue weighted by molar-refractivity contribution is 6.35. The first-order valence-electron chi connectivity index (χ1n) is 3.63. The van der Waals surface area contributed by atoms with Crippen LogP contribution in [0.15, 0.2) is 18.5 Å². The van der Waals surface area contributed by atoms with Crippen molar-refractivity contribution in [1.29, 1.82) is 0 Å². The van der Waals surface area contributed by atoms with Gasteiger partial charge in [-0.15, -0.1) is 0 Å². The van der Waals surface area contributed by atoms with Gasteiger partial charge in [-0.3, -0.25) is 0 Å². The van der Waals surface area contributed by atoms with E-state index < -0.39 is 0 Å². The summed E-state index contributed by atoms with van der Waals surface area (Å²) in [6, 6.07) is 3.79. The monoisotopic (exact) mass is 181 g/mol. The van der Waals surface area contributed by atoms with Crippen LogP contribution in [0.1, 0.15) is 5.56 Å². The standard InChI is InChI=1S/C8H8ClN3/c9-6-1-5(3-10)2-7-8(6)12-4-11-7/h1-2,4H,3,10H2,(H,11,12). The number of rotatable bonds is 1. The zero-order chi connectivity index (χ0) is 8.55. The number of hydrogen-bond acceptors (Lipinski definition) is 2. The van der Waals surface area contributed by atoms with Gasteiger partial charge in [-0.1, -0.05) is 11.6 Å². The zero-order valence-corrected chi connectivity index (χ0v) is 7.10. The number of imidazole rings is 1. The van der Waals surface area contributed by atoms with Crippen molar-refractivity contribution < 1.29 is 0 Å². The van der Waals surface area contributed by atoms with Gasteiger partial charge in [-0.2, -0.15) is 0 Å². The summed E-state index contributed by atoms with van der Waals surface area (Å²) in [6.07, 6.45) is 1.62. The van der Waals surface area contributed by atoms with Crippen molar-refractivity contribution in [2.24, 2.45) is 5.73 Å². The molecule has 0 spiro atoms. The van der Waals surface area contributed by atoms with E-state index >= 15 is 0 Å². The lowest BCUT2D eigenvalue weighted by Gasteiger charge is -1.97. The van der Waals surface area contributed by atoms with Gasteiger partial charge in [-0.05, 0) is 17.7 Å². The Morgan fingerprint density at radius 3 is 3.08 bits per heavy atom.